The van der Waals surface area contributed by atoms with E-state index in [0.717, 1.165) is 32.7 Å². The summed E-state index contributed by atoms with van der Waals surface area (Å²) in [5, 5.41) is 17.7. The summed E-state index contributed by atoms with van der Waals surface area (Å²) in [6.45, 7) is 5.03. The Morgan fingerprint density at radius 1 is 0.879 bits per heavy atom. The van der Waals surface area contributed by atoms with Crippen LogP contribution in [0.3, 0.4) is 0 Å². The number of carbonyl (C=O) groups excluding carboxylic acids is 1. The van der Waals surface area contributed by atoms with Crippen LogP contribution < -0.4 is 14.8 Å². The summed E-state index contributed by atoms with van der Waals surface area (Å²) in [6.07, 6.45) is 0. The number of amides is 1. The van der Waals surface area contributed by atoms with Crippen LogP contribution in [-0.4, -0.2) is 84.8 Å². The average Bonchev–Trinajstić information content (AvgIpc) is 2.81. The summed E-state index contributed by atoms with van der Waals surface area (Å²) in [4.78, 5) is 35.3. The topological polar surface area (TPSA) is 129 Å². The van der Waals surface area contributed by atoms with E-state index in [2.05, 4.69) is 39.4 Å². The highest BCUT2D eigenvalue weighted by Gasteiger charge is 2.19. The maximum atomic E-state index is 12.5. The number of anilines is 1. The molecule has 0 spiro atoms. The molecule has 1 aliphatic rings. The maximum Gasteiger partial charge on any atom is 0.414 e. The number of benzene rings is 2. The van der Waals surface area contributed by atoms with Gasteiger partial charge in [-0.3, -0.25) is 14.6 Å². The van der Waals surface area contributed by atoms with Gasteiger partial charge in [0, 0.05) is 38.8 Å². The fraction of sp³-hybridized carbons (Fsp3) is 0.348. The van der Waals surface area contributed by atoms with Crippen molar-refractivity contribution in [2.75, 3.05) is 52.3 Å². The van der Waals surface area contributed by atoms with Crippen LogP contribution in [0.25, 0.3) is 0 Å². The van der Waals surface area contributed by atoms with Gasteiger partial charge < -0.3 is 25.0 Å². The van der Waals surface area contributed by atoms with Crippen molar-refractivity contribution in [3.63, 3.8) is 0 Å². The molecular weight excluding hydrogens is 430 g/mol. The summed E-state index contributed by atoms with van der Waals surface area (Å²) in [5.41, 5.74) is 1.96. The minimum atomic E-state index is -1.82. The Labute approximate surface area is 192 Å². The molecule has 3 rings (SSSR count). The third kappa shape index (κ3) is 8.79. The zero-order valence-corrected chi connectivity index (χ0v) is 18.7. The normalized spacial score (nSPS) is 13.9. The Morgan fingerprint density at radius 2 is 1.48 bits per heavy atom. The van der Waals surface area contributed by atoms with Gasteiger partial charge in [-0.15, -0.1) is 0 Å². The third-order valence-corrected chi connectivity index (χ3v) is 4.94. The fourth-order valence-corrected chi connectivity index (χ4v) is 3.25. The lowest BCUT2D eigenvalue weighted by Gasteiger charge is -2.34. The Hall–Kier alpha value is -3.63. The van der Waals surface area contributed by atoms with Gasteiger partial charge in [0.25, 0.3) is 0 Å². The Balaban J connectivity index is 0.000000569. The maximum absolute atomic E-state index is 12.5. The van der Waals surface area contributed by atoms with Gasteiger partial charge in [-0.2, -0.15) is 0 Å². The molecule has 178 valence electrons. The highest BCUT2D eigenvalue weighted by molar-refractivity contribution is 6.27. The van der Waals surface area contributed by atoms with Crippen LogP contribution >= 0.6 is 0 Å². The second-order valence-corrected chi connectivity index (χ2v) is 7.26. The molecule has 1 amide bonds. The van der Waals surface area contributed by atoms with Crippen LogP contribution in [-0.2, 0) is 20.9 Å². The number of ether oxygens (including phenoxy) is 2. The lowest BCUT2D eigenvalue weighted by Crippen LogP contribution is -2.48. The van der Waals surface area contributed by atoms with E-state index in [-0.39, 0.29) is 5.91 Å². The molecule has 0 atom stereocenters. The van der Waals surface area contributed by atoms with Crippen molar-refractivity contribution in [3.8, 4) is 11.5 Å². The molecule has 1 saturated heterocycles. The minimum Gasteiger partial charge on any atom is -0.497 e. The summed E-state index contributed by atoms with van der Waals surface area (Å²) >= 11 is 0. The molecular formula is C23H29N3O7. The van der Waals surface area contributed by atoms with Crippen molar-refractivity contribution in [2.24, 2.45) is 0 Å². The molecule has 2 aromatic carbocycles. The Bertz CT molecular complexity index is 917. The van der Waals surface area contributed by atoms with E-state index in [0.29, 0.717) is 23.7 Å². The van der Waals surface area contributed by atoms with E-state index in [1.807, 2.05) is 6.07 Å². The average molecular weight is 459 g/mol. The standard InChI is InChI=1S/C21H27N3O3.C2H2O4/c1-26-18-8-9-20(27-2)19(14-18)22-21(25)16-24-12-10-23(11-13-24)15-17-6-4-3-5-7-17;3-1(4)2(5)6/h3-9,14H,10-13,15-16H2,1-2H3,(H,22,25);(H,3,4)(H,5,6). The SMILES string of the molecule is COc1ccc(OC)c(NC(=O)CN2CCN(Cc3ccccc3)CC2)c1.O=C(O)C(=O)O. The number of methoxy groups -OCH3 is 2. The van der Waals surface area contributed by atoms with Crippen LogP contribution in [0, 0.1) is 0 Å². The van der Waals surface area contributed by atoms with Crippen LogP contribution in [0.5, 0.6) is 11.5 Å². The molecule has 1 heterocycles. The Morgan fingerprint density at radius 3 is 2.03 bits per heavy atom. The number of nitrogens with zero attached hydrogens (tertiary/aromatic N) is 2. The molecule has 1 fully saturated rings. The first kappa shape index (κ1) is 25.6. The molecule has 0 radical (unpaired) electrons. The van der Waals surface area contributed by atoms with Gasteiger partial charge in [0.15, 0.2) is 0 Å². The van der Waals surface area contributed by atoms with E-state index in [1.165, 1.54) is 5.56 Å². The fourth-order valence-electron chi connectivity index (χ4n) is 3.25. The van der Waals surface area contributed by atoms with Crippen LogP contribution in [0.2, 0.25) is 0 Å². The van der Waals surface area contributed by atoms with Gasteiger partial charge in [-0.25, -0.2) is 9.59 Å². The molecule has 3 N–H and O–H groups in total. The smallest absolute Gasteiger partial charge is 0.414 e. The van der Waals surface area contributed by atoms with Gasteiger partial charge in [0.2, 0.25) is 5.91 Å². The van der Waals surface area contributed by atoms with Crippen molar-refractivity contribution < 1.29 is 34.1 Å². The molecule has 0 bridgehead atoms. The first-order valence-corrected chi connectivity index (χ1v) is 10.3. The van der Waals surface area contributed by atoms with E-state index in [1.54, 1.807) is 32.4 Å². The zero-order valence-electron chi connectivity index (χ0n) is 18.7. The minimum absolute atomic E-state index is 0.0435. The predicted molar refractivity (Wildman–Crippen MR) is 122 cm³/mol. The third-order valence-electron chi connectivity index (χ3n) is 4.94. The molecule has 0 aliphatic carbocycles. The number of carbonyl (C=O) groups is 3. The van der Waals surface area contributed by atoms with Gasteiger partial charge >= 0.3 is 11.9 Å². The van der Waals surface area contributed by atoms with E-state index >= 15 is 0 Å². The largest absolute Gasteiger partial charge is 0.497 e. The molecule has 0 unspecified atom stereocenters. The summed E-state index contributed by atoms with van der Waals surface area (Å²) in [5.74, 6) is -2.39. The number of hydrogen-bond donors (Lipinski definition) is 3. The quantitative estimate of drug-likeness (QED) is 0.529. The zero-order chi connectivity index (χ0) is 24.2. The van der Waals surface area contributed by atoms with Crippen LogP contribution in [0.15, 0.2) is 48.5 Å². The molecule has 1 aliphatic heterocycles. The van der Waals surface area contributed by atoms with Gasteiger partial charge in [0.1, 0.15) is 11.5 Å². The highest BCUT2D eigenvalue weighted by atomic mass is 16.5. The molecule has 0 saturated carbocycles. The van der Waals surface area contributed by atoms with Gasteiger partial charge in [0.05, 0.1) is 26.5 Å². The molecule has 33 heavy (non-hydrogen) atoms. The monoisotopic (exact) mass is 459 g/mol. The van der Waals surface area contributed by atoms with Crippen molar-refractivity contribution in [1.82, 2.24) is 9.80 Å². The van der Waals surface area contributed by atoms with Crippen LogP contribution in [0.4, 0.5) is 5.69 Å². The number of rotatable bonds is 7. The second-order valence-electron chi connectivity index (χ2n) is 7.26. The van der Waals surface area contributed by atoms with Gasteiger partial charge in [-0.1, -0.05) is 30.3 Å². The molecule has 10 heteroatoms. The summed E-state index contributed by atoms with van der Waals surface area (Å²) in [7, 11) is 3.19. The lowest BCUT2D eigenvalue weighted by molar-refractivity contribution is -0.159. The van der Waals surface area contributed by atoms with E-state index < -0.39 is 11.9 Å². The van der Waals surface area contributed by atoms with Crippen LogP contribution in [0.1, 0.15) is 5.56 Å². The summed E-state index contributed by atoms with van der Waals surface area (Å²) in [6, 6.07) is 15.9. The first-order valence-electron chi connectivity index (χ1n) is 10.3. The number of piperazine rings is 1. The lowest BCUT2D eigenvalue weighted by atomic mass is 10.2. The molecule has 0 aromatic heterocycles. The molecule has 10 nitrogen and oxygen atoms in total. The van der Waals surface area contributed by atoms with Crippen molar-refractivity contribution >= 4 is 23.5 Å². The predicted octanol–water partition coefficient (Wildman–Crippen LogP) is 1.62. The van der Waals surface area contributed by atoms with Crippen molar-refractivity contribution in [3.05, 3.63) is 54.1 Å². The van der Waals surface area contributed by atoms with Crippen molar-refractivity contribution in [2.45, 2.75) is 6.54 Å². The highest BCUT2D eigenvalue weighted by Crippen LogP contribution is 2.28. The number of aliphatic carboxylic acids is 2. The first-order chi connectivity index (χ1) is 15.8. The number of carboxylic acid groups (broad SMARTS) is 2. The number of nitrogens with one attached hydrogen (secondary N) is 1. The van der Waals surface area contributed by atoms with E-state index in [4.69, 9.17) is 29.3 Å². The Kier molecular flexibility index (Phi) is 10.1. The van der Waals surface area contributed by atoms with E-state index in [9.17, 15) is 4.79 Å². The van der Waals surface area contributed by atoms with Crippen molar-refractivity contribution in [1.29, 1.82) is 0 Å². The second kappa shape index (κ2) is 13.0. The van der Waals surface area contributed by atoms with Gasteiger partial charge in [-0.05, 0) is 17.7 Å². The summed E-state index contributed by atoms with van der Waals surface area (Å²) < 4.78 is 10.5. The number of carboxylic acids is 2. The number of hydrogen-bond acceptors (Lipinski definition) is 7. The molecule has 2 aromatic rings.